The van der Waals surface area contributed by atoms with Crippen LogP contribution in [0.15, 0.2) is 40.8 Å². The van der Waals surface area contributed by atoms with Crippen LogP contribution in [0.5, 0.6) is 0 Å². The number of nitrogens with zero attached hydrogens (tertiary/aromatic N) is 2. The minimum absolute atomic E-state index is 0.385. The molecule has 0 aliphatic rings. The maximum Gasteiger partial charge on any atom is 0.248 e. The molecular weight excluding hydrogens is 266 g/mol. The summed E-state index contributed by atoms with van der Waals surface area (Å²) in [6.45, 7) is 1.94. The van der Waals surface area contributed by atoms with Gasteiger partial charge < -0.3 is 21.6 Å². The molecule has 0 atom stereocenters. The fourth-order valence-corrected chi connectivity index (χ4v) is 1.94. The number of rotatable bonds is 2. The van der Waals surface area contributed by atoms with Crippen molar-refractivity contribution in [2.45, 2.75) is 6.92 Å². The van der Waals surface area contributed by atoms with Crippen molar-refractivity contribution in [2.24, 2.45) is 0 Å². The first-order valence-electron chi connectivity index (χ1n) is 6.40. The monoisotopic (exact) mass is 281 g/mol. The van der Waals surface area contributed by atoms with Crippen molar-refractivity contribution in [2.75, 3.05) is 17.2 Å². The van der Waals surface area contributed by atoms with E-state index in [0.29, 0.717) is 28.8 Å². The first kappa shape index (κ1) is 13.0. The van der Waals surface area contributed by atoms with Gasteiger partial charge in [-0.3, -0.25) is 0 Å². The predicted octanol–water partition coefficient (Wildman–Crippen LogP) is 2.46. The first-order valence-corrected chi connectivity index (χ1v) is 6.40. The van der Waals surface area contributed by atoms with Crippen molar-refractivity contribution in [1.29, 1.82) is 0 Å². The number of hydrogen-bond acceptors (Lipinski definition) is 6. The number of aryl methyl sites for hydroxylation is 1. The summed E-state index contributed by atoms with van der Waals surface area (Å²) >= 11 is 0. The zero-order valence-corrected chi connectivity index (χ0v) is 11.5. The number of anilines is 3. The molecule has 0 aliphatic carbocycles. The maximum absolute atomic E-state index is 5.89. The molecule has 21 heavy (non-hydrogen) atoms. The van der Waals surface area contributed by atoms with E-state index >= 15 is 0 Å². The highest BCUT2D eigenvalue weighted by molar-refractivity contribution is 5.71. The molecule has 1 aromatic heterocycles. The van der Waals surface area contributed by atoms with Crippen LogP contribution in [0.25, 0.3) is 22.9 Å². The number of aromatic nitrogens is 2. The highest BCUT2D eigenvalue weighted by atomic mass is 16.4. The van der Waals surface area contributed by atoms with E-state index in [2.05, 4.69) is 10.2 Å². The zero-order valence-electron chi connectivity index (χ0n) is 11.5. The van der Waals surface area contributed by atoms with Crippen LogP contribution in [0, 0.1) is 6.92 Å². The molecule has 6 heteroatoms. The molecule has 0 spiro atoms. The summed E-state index contributed by atoms with van der Waals surface area (Å²) in [4.78, 5) is 0. The van der Waals surface area contributed by atoms with Gasteiger partial charge >= 0.3 is 0 Å². The second-order valence-electron chi connectivity index (χ2n) is 4.83. The summed E-state index contributed by atoms with van der Waals surface area (Å²) < 4.78 is 5.67. The van der Waals surface area contributed by atoms with Gasteiger partial charge in [0.15, 0.2) is 0 Å². The fourth-order valence-electron chi connectivity index (χ4n) is 1.94. The van der Waals surface area contributed by atoms with E-state index < -0.39 is 0 Å². The Morgan fingerprint density at radius 1 is 0.762 bits per heavy atom. The van der Waals surface area contributed by atoms with Gasteiger partial charge in [-0.2, -0.15) is 0 Å². The van der Waals surface area contributed by atoms with Crippen LogP contribution >= 0.6 is 0 Å². The Morgan fingerprint density at radius 3 is 1.90 bits per heavy atom. The Balaban J connectivity index is 1.99. The molecule has 0 radical (unpaired) electrons. The Bertz CT molecular complexity index is 744. The first-order chi connectivity index (χ1) is 10.0. The highest BCUT2D eigenvalue weighted by Gasteiger charge is 2.12. The Kier molecular flexibility index (Phi) is 2.98. The molecule has 6 nitrogen and oxygen atoms in total. The topological polar surface area (TPSA) is 117 Å². The van der Waals surface area contributed by atoms with Gasteiger partial charge in [0.05, 0.1) is 11.4 Å². The lowest BCUT2D eigenvalue weighted by molar-refractivity contribution is 0.584. The second kappa shape index (κ2) is 4.82. The molecule has 0 aliphatic heterocycles. The van der Waals surface area contributed by atoms with E-state index in [1.807, 2.05) is 25.1 Å². The van der Waals surface area contributed by atoms with Crippen LogP contribution in [0.4, 0.5) is 17.1 Å². The van der Waals surface area contributed by atoms with Crippen LogP contribution in [0.3, 0.4) is 0 Å². The summed E-state index contributed by atoms with van der Waals surface area (Å²) in [5.74, 6) is 0.794. The van der Waals surface area contributed by atoms with Crippen molar-refractivity contribution in [3.05, 3.63) is 42.0 Å². The van der Waals surface area contributed by atoms with Gasteiger partial charge in [0, 0.05) is 16.8 Å². The number of nitrogen functional groups attached to an aromatic ring is 3. The smallest absolute Gasteiger partial charge is 0.248 e. The molecule has 3 rings (SSSR count). The average molecular weight is 281 g/mol. The molecule has 2 aromatic carbocycles. The molecule has 0 bridgehead atoms. The Morgan fingerprint density at radius 2 is 1.33 bits per heavy atom. The van der Waals surface area contributed by atoms with E-state index in [4.69, 9.17) is 21.6 Å². The van der Waals surface area contributed by atoms with Crippen LogP contribution in [-0.4, -0.2) is 10.2 Å². The molecule has 0 saturated carbocycles. The van der Waals surface area contributed by atoms with Gasteiger partial charge in [-0.1, -0.05) is 6.07 Å². The molecule has 1 heterocycles. The maximum atomic E-state index is 5.89. The lowest BCUT2D eigenvalue weighted by atomic mass is 10.1. The van der Waals surface area contributed by atoms with Crippen LogP contribution in [0.1, 0.15) is 5.56 Å². The van der Waals surface area contributed by atoms with Crippen molar-refractivity contribution in [1.82, 2.24) is 10.2 Å². The summed E-state index contributed by atoms with van der Waals surface area (Å²) in [7, 11) is 0. The van der Waals surface area contributed by atoms with E-state index in [0.717, 1.165) is 16.7 Å². The normalized spacial score (nSPS) is 10.7. The van der Waals surface area contributed by atoms with Crippen LogP contribution < -0.4 is 17.2 Å². The van der Waals surface area contributed by atoms with Gasteiger partial charge in [-0.05, 0) is 42.8 Å². The minimum atomic E-state index is 0.385. The molecular formula is C15H15N5O. The third-order valence-electron chi connectivity index (χ3n) is 3.28. The standard InChI is InChI=1S/C15H15N5O/c1-8-2-3-9(6-12(8)17)14-19-20-15(21-14)10-4-5-11(16)13(18)7-10/h2-7H,16-18H2,1H3. The summed E-state index contributed by atoms with van der Waals surface area (Å²) in [6.07, 6.45) is 0. The summed E-state index contributed by atoms with van der Waals surface area (Å²) in [6, 6.07) is 10.8. The minimum Gasteiger partial charge on any atom is -0.416 e. The van der Waals surface area contributed by atoms with E-state index in [1.165, 1.54) is 0 Å². The zero-order chi connectivity index (χ0) is 15.0. The van der Waals surface area contributed by atoms with E-state index in [1.54, 1.807) is 18.2 Å². The average Bonchev–Trinajstić information content (AvgIpc) is 2.94. The van der Waals surface area contributed by atoms with Crippen molar-refractivity contribution in [3.63, 3.8) is 0 Å². The third-order valence-corrected chi connectivity index (χ3v) is 3.28. The SMILES string of the molecule is Cc1ccc(-c2nnc(-c3ccc(N)c(N)c3)o2)cc1N. The van der Waals surface area contributed by atoms with Gasteiger partial charge in [0.2, 0.25) is 11.8 Å². The lowest BCUT2D eigenvalue weighted by Crippen LogP contribution is -1.94. The Labute approximate surface area is 121 Å². The molecule has 6 N–H and O–H groups in total. The largest absolute Gasteiger partial charge is 0.416 e. The molecule has 0 fully saturated rings. The van der Waals surface area contributed by atoms with Gasteiger partial charge in [-0.15, -0.1) is 10.2 Å². The summed E-state index contributed by atoms with van der Waals surface area (Å²) in [5.41, 5.74) is 21.5. The predicted molar refractivity (Wildman–Crippen MR) is 83.1 cm³/mol. The number of benzene rings is 2. The molecule has 106 valence electrons. The van der Waals surface area contributed by atoms with Gasteiger partial charge in [0.25, 0.3) is 0 Å². The van der Waals surface area contributed by atoms with Crippen molar-refractivity contribution in [3.8, 4) is 22.9 Å². The number of hydrogen-bond donors (Lipinski definition) is 3. The third kappa shape index (κ3) is 2.38. The van der Waals surface area contributed by atoms with Crippen LogP contribution in [0.2, 0.25) is 0 Å². The summed E-state index contributed by atoms with van der Waals surface area (Å²) in [5, 5.41) is 8.07. The van der Waals surface area contributed by atoms with Crippen LogP contribution in [-0.2, 0) is 0 Å². The molecule has 3 aromatic rings. The van der Waals surface area contributed by atoms with E-state index in [-0.39, 0.29) is 0 Å². The highest BCUT2D eigenvalue weighted by Crippen LogP contribution is 2.28. The molecule has 0 unspecified atom stereocenters. The number of nitrogens with two attached hydrogens (primary N) is 3. The van der Waals surface area contributed by atoms with Gasteiger partial charge in [-0.25, -0.2) is 0 Å². The van der Waals surface area contributed by atoms with Crippen molar-refractivity contribution < 1.29 is 4.42 Å². The van der Waals surface area contributed by atoms with Gasteiger partial charge in [0.1, 0.15) is 0 Å². The lowest BCUT2D eigenvalue weighted by Gasteiger charge is -2.02. The molecule has 0 saturated heterocycles. The van der Waals surface area contributed by atoms with Crippen molar-refractivity contribution >= 4 is 17.1 Å². The fraction of sp³-hybridized carbons (Fsp3) is 0.0667. The van der Waals surface area contributed by atoms with E-state index in [9.17, 15) is 0 Å². The molecule has 0 amide bonds. The Hall–Kier alpha value is -3.02. The second-order valence-corrected chi connectivity index (χ2v) is 4.83. The quantitative estimate of drug-likeness (QED) is 0.621.